The van der Waals surface area contributed by atoms with Gasteiger partial charge in [0.25, 0.3) is 5.91 Å². The van der Waals surface area contributed by atoms with Crippen molar-refractivity contribution < 1.29 is 31.9 Å². The third-order valence-corrected chi connectivity index (χ3v) is 5.84. The number of nitrogens with zero attached hydrogens (tertiary/aromatic N) is 1. The largest absolute Gasteiger partial charge is 0.459 e. The molecule has 0 fully saturated rings. The molecule has 0 radical (unpaired) electrons. The van der Waals surface area contributed by atoms with Crippen LogP contribution >= 0.6 is 0 Å². The standard InChI is InChI=1S/C26H24F4N2O3/c1-14(2)35-24(34)17-12-32(23(33)15-9-10-19(27)18(11-15)26(28,29)30)13-25(3,4)21-16-7-5-6-8-20(16)31-22(17)21/h5-12,14,31H,13H2,1-4H3. The molecule has 0 atom stereocenters. The van der Waals surface area contributed by atoms with Crippen molar-refractivity contribution in [3.8, 4) is 0 Å². The van der Waals surface area contributed by atoms with Crippen LogP contribution in [0.1, 0.15) is 54.9 Å². The molecular formula is C26H24F4N2O3. The van der Waals surface area contributed by atoms with Gasteiger partial charge in [-0.15, -0.1) is 0 Å². The normalized spacial score (nSPS) is 15.6. The molecule has 1 aromatic heterocycles. The van der Waals surface area contributed by atoms with Crippen LogP contribution < -0.4 is 0 Å². The average Bonchev–Trinajstić information content (AvgIpc) is 3.10. The molecule has 0 bridgehead atoms. The van der Waals surface area contributed by atoms with E-state index in [0.717, 1.165) is 22.5 Å². The maximum Gasteiger partial charge on any atom is 0.419 e. The van der Waals surface area contributed by atoms with Crippen LogP contribution in [-0.2, 0) is 21.1 Å². The number of amides is 1. The lowest BCUT2D eigenvalue weighted by molar-refractivity contribution is -0.141. The molecule has 1 aliphatic rings. The number of rotatable bonds is 3. The Morgan fingerprint density at radius 3 is 2.46 bits per heavy atom. The van der Waals surface area contributed by atoms with Crippen LogP contribution in [0.4, 0.5) is 17.6 Å². The molecule has 2 heterocycles. The monoisotopic (exact) mass is 488 g/mol. The Morgan fingerprint density at radius 1 is 1.11 bits per heavy atom. The summed E-state index contributed by atoms with van der Waals surface area (Å²) in [5, 5.41) is 0.853. The minimum absolute atomic E-state index is 0.0534. The number of nitrogens with one attached hydrogen (secondary N) is 1. The van der Waals surface area contributed by atoms with Gasteiger partial charge in [0.2, 0.25) is 0 Å². The smallest absolute Gasteiger partial charge is 0.419 e. The van der Waals surface area contributed by atoms with E-state index in [2.05, 4.69) is 4.98 Å². The van der Waals surface area contributed by atoms with Crippen LogP contribution in [-0.4, -0.2) is 34.4 Å². The Bertz CT molecular complexity index is 1350. The number of benzene rings is 2. The molecule has 1 aliphatic heterocycles. The maximum atomic E-state index is 13.8. The van der Waals surface area contributed by atoms with Crippen molar-refractivity contribution in [2.75, 3.05) is 6.54 Å². The first-order chi connectivity index (χ1) is 16.3. The fraction of sp³-hybridized carbons (Fsp3) is 0.308. The number of carbonyl (C=O) groups excluding carboxylic acids is 2. The number of hydrogen-bond acceptors (Lipinski definition) is 3. The molecule has 0 saturated carbocycles. The Hall–Kier alpha value is -3.62. The van der Waals surface area contributed by atoms with Gasteiger partial charge in [-0.1, -0.05) is 32.0 Å². The van der Waals surface area contributed by atoms with Crippen molar-refractivity contribution in [2.24, 2.45) is 0 Å². The number of aromatic nitrogens is 1. The van der Waals surface area contributed by atoms with E-state index in [0.29, 0.717) is 17.8 Å². The summed E-state index contributed by atoms with van der Waals surface area (Å²) in [4.78, 5) is 30.9. The van der Waals surface area contributed by atoms with Crippen molar-refractivity contribution in [1.29, 1.82) is 0 Å². The minimum Gasteiger partial charge on any atom is -0.459 e. The minimum atomic E-state index is -4.96. The first-order valence-electron chi connectivity index (χ1n) is 11.0. The second-order valence-electron chi connectivity index (χ2n) is 9.43. The molecule has 9 heteroatoms. The first kappa shape index (κ1) is 24.5. The van der Waals surface area contributed by atoms with Crippen LogP contribution in [0.3, 0.4) is 0 Å². The zero-order valence-corrected chi connectivity index (χ0v) is 19.6. The van der Waals surface area contributed by atoms with Crippen LogP contribution in [0.15, 0.2) is 48.7 Å². The molecule has 35 heavy (non-hydrogen) atoms. The van der Waals surface area contributed by atoms with E-state index in [1.807, 2.05) is 38.1 Å². The Morgan fingerprint density at radius 2 is 1.80 bits per heavy atom. The van der Waals surface area contributed by atoms with E-state index in [1.54, 1.807) is 13.8 Å². The van der Waals surface area contributed by atoms with Crippen molar-refractivity contribution in [1.82, 2.24) is 9.88 Å². The van der Waals surface area contributed by atoms with Crippen LogP contribution in [0.25, 0.3) is 16.5 Å². The predicted molar refractivity (Wildman–Crippen MR) is 123 cm³/mol. The number of aromatic amines is 1. The summed E-state index contributed by atoms with van der Waals surface area (Å²) >= 11 is 0. The van der Waals surface area contributed by atoms with Crippen LogP contribution in [0.2, 0.25) is 0 Å². The Kier molecular flexibility index (Phi) is 5.99. The number of para-hydroxylation sites is 1. The quantitative estimate of drug-likeness (QED) is 0.361. The number of alkyl halides is 3. The maximum absolute atomic E-state index is 13.8. The predicted octanol–water partition coefficient (Wildman–Crippen LogP) is 6.05. The molecule has 0 spiro atoms. The van der Waals surface area contributed by atoms with Crippen molar-refractivity contribution in [3.05, 3.63) is 76.9 Å². The Labute approximate surface area is 199 Å². The molecule has 4 rings (SSSR count). The number of esters is 1. The van der Waals surface area contributed by atoms with E-state index < -0.39 is 41.0 Å². The van der Waals surface area contributed by atoms with Gasteiger partial charge in [-0.3, -0.25) is 4.79 Å². The zero-order chi connectivity index (χ0) is 25.7. The highest BCUT2D eigenvalue weighted by molar-refractivity contribution is 6.18. The van der Waals surface area contributed by atoms with E-state index in [-0.39, 0.29) is 17.7 Å². The van der Waals surface area contributed by atoms with Gasteiger partial charge < -0.3 is 14.6 Å². The summed E-state index contributed by atoms with van der Waals surface area (Å²) in [6.45, 7) is 7.18. The van der Waals surface area contributed by atoms with Gasteiger partial charge in [-0.25, -0.2) is 9.18 Å². The highest BCUT2D eigenvalue weighted by Crippen LogP contribution is 2.41. The fourth-order valence-corrected chi connectivity index (χ4v) is 4.42. The zero-order valence-electron chi connectivity index (χ0n) is 19.6. The Balaban J connectivity index is 1.88. The average molecular weight is 488 g/mol. The van der Waals surface area contributed by atoms with E-state index in [9.17, 15) is 27.2 Å². The molecule has 184 valence electrons. The number of ether oxygens (including phenoxy) is 1. The van der Waals surface area contributed by atoms with Gasteiger partial charge in [0, 0.05) is 34.6 Å². The van der Waals surface area contributed by atoms with E-state index >= 15 is 0 Å². The van der Waals surface area contributed by atoms with Gasteiger partial charge in [-0.2, -0.15) is 13.2 Å². The lowest BCUT2D eigenvalue weighted by Gasteiger charge is -2.29. The number of fused-ring (bicyclic) bond motifs is 3. The summed E-state index contributed by atoms with van der Waals surface area (Å²) in [6, 6.07) is 9.57. The molecule has 0 aliphatic carbocycles. The molecular weight excluding hydrogens is 464 g/mol. The number of hydrogen-bond donors (Lipinski definition) is 1. The van der Waals surface area contributed by atoms with E-state index in [1.165, 1.54) is 11.1 Å². The summed E-state index contributed by atoms with van der Waals surface area (Å²) < 4.78 is 59.0. The van der Waals surface area contributed by atoms with Gasteiger partial charge in [0.15, 0.2) is 0 Å². The summed E-state index contributed by atoms with van der Waals surface area (Å²) in [6.07, 6.45) is -4.10. The van der Waals surface area contributed by atoms with E-state index in [4.69, 9.17) is 4.74 Å². The third-order valence-electron chi connectivity index (χ3n) is 5.84. The summed E-state index contributed by atoms with van der Waals surface area (Å²) in [5.74, 6) is -2.95. The number of carbonyl (C=O) groups is 2. The van der Waals surface area contributed by atoms with Gasteiger partial charge >= 0.3 is 12.1 Å². The highest BCUT2D eigenvalue weighted by atomic mass is 19.4. The lowest BCUT2D eigenvalue weighted by Crippen LogP contribution is -2.37. The molecule has 5 nitrogen and oxygen atoms in total. The van der Waals surface area contributed by atoms with Crippen LogP contribution in [0.5, 0.6) is 0 Å². The lowest BCUT2D eigenvalue weighted by atomic mass is 9.81. The molecule has 0 unspecified atom stereocenters. The first-order valence-corrected chi connectivity index (χ1v) is 11.0. The van der Waals surface area contributed by atoms with Gasteiger partial charge in [0.1, 0.15) is 5.82 Å². The molecule has 1 N–H and O–H groups in total. The van der Waals surface area contributed by atoms with Crippen molar-refractivity contribution >= 4 is 28.4 Å². The van der Waals surface area contributed by atoms with Gasteiger partial charge in [-0.05, 0) is 43.7 Å². The third kappa shape index (κ3) is 4.54. The molecule has 2 aromatic carbocycles. The van der Waals surface area contributed by atoms with Crippen molar-refractivity contribution in [3.63, 3.8) is 0 Å². The second-order valence-corrected chi connectivity index (χ2v) is 9.43. The number of halogens is 4. The molecule has 0 saturated heterocycles. The SMILES string of the molecule is CC(C)OC(=O)C1=CN(C(=O)c2ccc(F)c(C(F)(F)F)c2)CC(C)(C)c2c1[nH]c1ccccc21. The second kappa shape index (κ2) is 8.55. The summed E-state index contributed by atoms with van der Waals surface area (Å²) in [5.41, 5.74) is -0.468. The highest BCUT2D eigenvalue weighted by Gasteiger charge is 2.39. The van der Waals surface area contributed by atoms with Gasteiger partial charge in [0.05, 0.1) is 22.9 Å². The molecule has 1 amide bonds. The summed E-state index contributed by atoms with van der Waals surface area (Å²) in [7, 11) is 0. The fourth-order valence-electron chi connectivity index (χ4n) is 4.42. The number of H-pyrrole nitrogens is 1. The van der Waals surface area contributed by atoms with Crippen LogP contribution in [0, 0.1) is 5.82 Å². The topological polar surface area (TPSA) is 62.4 Å². The van der Waals surface area contributed by atoms with Crippen molar-refractivity contribution in [2.45, 2.75) is 45.4 Å². The molecule has 3 aromatic rings.